The molecule has 1 aliphatic rings. The summed E-state index contributed by atoms with van der Waals surface area (Å²) >= 11 is 6.41. The fourth-order valence-corrected chi connectivity index (χ4v) is 4.21. The molecule has 0 bridgehead atoms. The maximum atomic E-state index is 13.3. The van der Waals surface area contributed by atoms with Crippen LogP contribution in [0.25, 0.3) is 0 Å². The van der Waals surface area contributed by atoms with Gasteiger partial charge >= 0.3 is 0 Å². The van der Waals surface area contributed by atoms with E-state index in [1.54, 1.807) is 4.57 Å². The van der Waals surface area contributed by atoms with E-state index < -0.39 is 0 Å². The number of aryl methyl sites for hydroxylation is 2. The molecule has 156 valence electrons. The average molecular weight is 423 g/mol. The van der Waals surface area contributed by atoms with Gasteiger partial charge < -0.3 is 0 Å². The molecule has 4 rings (SSSR count). The molecule has 1 aromatic heterocycles. The van der Waals surface area contributed by atoms with Gasteiger partial charge in [-0.05, 0) is 49.1 Å². The third-order valence-electron chi connectivity index (χ3n) is 5.74. The Morgan fingerprint density at radius 1 is 1.00 bits per heavy atom. The van der Waals surface area contributed by atoms with Crippen molar-refractivity contribution < 1.29 is 0 Å². The minimum Gasteiger partial charge on any atom is -0.298 e. The summed E-state index contributed by atoms with van der Waals surface area (Å²) in [5.41, 5.74) is 4.99. The zero-order valence-corrected chi connectivity index (χ0v) is 18.5. The van der Waals surface area contributed by atoms with Crippen LogP contribution in [-0.4, -0.2) is 21.1 Å². The standard InChI is InChI=1S/C24H27ClN4O/c1-4-18-10-12-20(13-11-18)28-15-27(14-19-8-6-7-9-22(19)25)16-29-23(30)21(5-2)17(3)26-24(28)29/h6-13H,4-5,14-16H2,1-3H3. The number of fused-ring (bicyclic) bond motifs is 1. The summed E-state index contributed by atoms with van der Waals surface area (Å²) in [7, 11) is 0. The molecule has 0 N–H and O–H groups in total. The third kappa shape index (κ3) is 3.87. The van der Waals surface area contributed by atoms with Gasteiger partial charge in [0.05, 0.1) is 13.3 Å². The van der Waals surface area contributed by atoms with Gasteiger partial charge in [0.15, 0.2) is 0 Å². The number of nitrogens with zero attached hydrogens (tertiary/aromatic N) is 4. The molecular formula is C24H27ClN4O. The Morgan fingerprint density at radius 3 is 2.40 bits per heavy atom. The highest BCUT2D eigenvalue weighted by Crippen LogP contribution is 2.29. The monoisotopic (exact) mass is 422 g/mol. The Hall–Kier alpha value is -2.63. The molecule has 30 heavy (non-hydrogen) atoms. The van der Waals surface area contributed by atoms with E-state index in [4.69, 9.17) is 16.6 Å². The van der Waals surface area contributed by atoms with Crippen LogP contribution in [0.5, 0.6) is 0 Å². The van der Waals surface area contributed by atoms with Gasteiger partial charge in [0.2, 0.25) is 5.95 Å². The Labute approximate surface area is 182 Å². The van der Waals surface area contributed by atoms with Gasteiger partial charge in [0.25, 0.3) is 5.56 Å². The number of anilines is 2. The van der Waals surface area contributed by atoms with Crippen molar-refractivity contribution in [3.63, 3.8) is 0 Å². The van der Waals surface area contributed by atoms with E-state index in [1.165, 1.54) is 5.56 Å². The largest absolute Gasteiger partial charge is 0.298 e. The second-order valence-corrected chi connectivity index (χ2v) is 8.12. The van der Waals surface area contributed by atoms with Crippen molar-refractivity contribution >= 4 is 23.2 Å². The van der Waals surface area contributed by atoms with E-state index in [0.717, 1.165) is 34.0 Å². The molecule has 6 heteroatoms. The quantitative estimate of drug-likeness (QED) is 0.586. The topological polar surface area (TPSA) is 41.4 Å². The van der Waals surface area contributed by atoms with Gasteiger partial charge in [-0.1, -0.05) is 55.8 Å². The number of benzene rings is 2. The summed E-state index contributed by atoms with van der Waals surface area (Å²) in [4.78, 5) is 22.4. The van der Waals surface area contributed by atoms with E-state index in [-0.39, 0.29) is 5.56 Å². The molecule has 0 saturated carbocycles. The number of hydrogen-bond acceptors (Lipinski definition) is 4. The normalized spacial score (nSPS) is 14.1. The second kappa shape index (κ2) is 8.62. The number of halogens is 1. The van der Waals surface area contributed by atoms with Crippen LogP contribution >= 0.6 is 11.6 Å². The van der Waals surface area contributed by atoms with Crippen LogP contribution in [0.3, 0.4) is 0 Å². The zero-order chi connectivity index (χ0) is 21.3. The van der Waals surface area contributed by atoms with Gasteiger partial charge in [-0.2, -0.15) is 0 Å². The highest BCUT2D eigenvalue weighted by molar-refractivity contribution is 6.31. The molecule has 2 aromatic carbocycles. The number of hydrogen-bond donors (Lipinski definition) is 0. The van der Waals surface area contributed by atoms with Gasteiger partial charge in [-0.3, -0.25) is 19.2 Å². The smallest absolute Gasteiger partial charge is 0.259 e. The molecule has 0 aliphatic carbocycles. The summed E-state index contributed by atoms with van der Waals surface area (Å²) in [5.74, 6) is 0.703. The van der Waals surface area contributed by atoms with Crippen LogP contribution in [-0.2, 0) is 26.1 Å². The van der Waals surface area contributed by atoms with Crippen LogP contribution in [0, 0.1) is 6.92 Å². The van der Waals surface area contributed by atoms with Crippen molar-refractivity contribution in [1.82, 2.24) is 14.5 Å². The van der Waals surface area contributed by atoms with Crippen molar-refractivity contribution in [3.8, 4) is 0 Å². The Kier molecular flexibility index (Phi) is 5.93. The van der Waals surface area contributed by atoms with Crippen LogP contribution in [0.4, 0.5) is 11.6 Å². The molecule has 0 fully saturated rings. The summed E-state index contributed by atoms with van der Waals surface area (Å²) in [6.45, 7) is 7.86. The molecular weight excluding hydrogens is 396 g/mol. The van der Waals surface area contributed by atoms with E-state index in [0.29, 0.717) is 32.3 Å². The molecule has 0 unspecified atom stereocenters. The minimum absolute atomic E-state index is 0.0408. The zero-order valence-electron chi connectivity index (χ0n) is 17.7. The lowest BCUT2D eigenvalue weighted by Gasteiger charge is -2.38. The van der Waals surface area contributed by atoms with E-state index in [2.05, 4.69) is 41.0 Å². The fraction of sp³-hybridized carbons (Fsp3) is 0.333. The van der Waals surface area contributed by atoms with Gasteiger partial charge in [0.1, 0.15) is 0 Å². The SMILES string of the molecule is CCc1ccc(N2CN(Cc3ccccc3Cl)Cn3c2nc(C)c(CC)c3=O)cc1. The summed E-state index contributed by atoms with van der Waals surface area (Å²) in [6.07, 6.45) is 1.67. The number of aromatic nitrogens is 2. The van der Waals surface area contributed by atoms with Gasteiger partial charge in [-0.25, -0.2) is 4.98 Å². The highest BCUT2D eigenvalue weighted by atomic mass is 35.5. The van der Waals surface area contributed by atoms with Crippen molar-refractivity contribution in [2.75, 3.05) is 11.6 Å². The van der Waals surface area contributed by atoms with Crippen LogP contribution in [0.1, 0.15) is 36.2 Å². The lowest BCUT2D eigenvalue weighted by molar-refractivity contribution is 0.190. The molecule has 2 heterocycles. The van der Waals surface area contributed by atoms with Crippen molar-refractivity contribution in [3.05, 3.63) is 86.3 Å². The van der Waals surface area contributed by atoms with E-state index >= 15 is 0 Å². The van der Waals surface area contributed by atoms with Crippen LogP contribution in [0.2, 0.25) is 5.02 Å². The molecule has 0 spiro atoms. The van der Waals surface area contributed by atoms with Gasteiger partial charge in [0, 0.05) is 28.5 Å². The fourth-order valence-electron chi connectivity index (χ4n) is 4.01. The molecule has 5 nitrogen and oxygen atoms in total. The maximum Gasteiger partial charge on any atom is 0.259 e. The minimum atomic E-state index is 0.0408. The Balaban J connectivity index is 1.78. The molecule has 0 radical (unpaired) electrons. The average Bonchev–Trinajstić information content (AvgIpc) is 2.76. The lowest BCUT2D eigenvalue weighted by Crippen LogP contribution is -2.47. The first-order chi connectivity index (χ1) is 14.5. The summed E-state index contributed by atoms with van der Waals surface area (Å²) < 4.78 is 1.79. The van der Waals surface area contributed by atoms with Crippen molar-refractivity contribution in [2.45, 2.75) is 46.8 Å². The second-order valence-electron chi connectivity index (χ2n) is 7.71. The van der Waals surface area contributed by atoms with Crippen molar-refractivity contribution in [1.29, 1.82) is 0 Å². The third-order valence-corrected chi connectivity index (χ3v) is 6.10. The van der Waals surface area contributed by atoms with Crippen LogP contribution in [0.15, 0.2) is 53.3 Å². The molecule has 3 aromatic rings. The first kappa shape index (κ1) is 20.6. The summed E-state index contributed by atoms with van der Waals surface area (Å²) in [5, 5.41) is 0.741. The predicted octanol–water partition coefficient (Wildman–Crippen LogP) is 4.90. The van der Waals surface area contributed by atoms with Crippen molar-refractivity contribution in [2.24, 2.45) is 0 Å². The lowest BCUT2D eigenvalue weighted by atomic mass is 10.1. The maximum absolute atomic E-state index is 13.3. The van der Waals surface area contributed by atoms with E-state index in [1.807, 2.05) is 38.1 Å². The molecule has 0 atom stereocenters. The van der Waals surface area contributed by atoms with E-state index in [9.17, 15) is 4.79 Å². The first-order valence-corrected chi connectivity index (χ1v) is 10.8. The Morgan fingerprint density at radius 2 is 1.73 bits per heavy atom. The predicted molar refractivity (Wildman–Crippen MR) is 122 cm³/mol. The summed E-state index contributed by atoms with van der Waals surface area (Å²) in [6, 6.07) is 16.4. The number of rotatable bonds is 5. The molecule has 0 amide bonds. The van der Waals surface area contributed by atoms with Crippen LogP contribution < -0.4 is 10.5 Å². The molecule has 1 aliphatic heterocycles. The first-order valence-electron chi connectivity index (χ1n) is 10.4. The Bertz CT molecular complexity index is 1110. The molecule has 0 saturated heterocycles. The van der Waals surface area contributed by atoms with Gasteiger partial charge in [-0.15, -0.1) is 0 Å². The highest BCUT2D eigenvalue weighted by Gasteiger charge is 2.28.